The van der Waals surface area contributed by atoms with Crippen LogP contribution in [0.5, 0.6) is 5.75 Å². The van der Waals surface area contributed by atoms with Gasteiger partial charge in [0.05, 0.1) is 0 Å². The van der Waals surface area contributed by atoms with Crippen LogP contribution < -0.4 is 16.0 Å². The normalized spacial score (nSPS) is 11.8. The Morgan fingerprint density at radius 2 is 1.78 bits per heavy atom. The van der Waals surface area contributed by atoms with Crippen LogP contribution in [0.1, 0.15) is 23.4 Å². The number of benzene rings is 2. The Hall–Kier alpha value is -3.57. The van der Waals surface area contributed by atoms with Crippen LogP contribution in [0, 0.1) is 0 Å². The molecule has 2 heterocycles. The molecule has 12 heteroatoms. The van der Waals surface area contributed by atoms with Crippen molar-refractivity contribution in [2.75, 3.05) is 6.61 Å². The van der Waals surface area contributed by atoms with E-state index in [1.165, 1.54) is 29.8 Å². The number of fused-ring (bicyclic) bond motifs is 1. The Balaban J connectivity index is 1.87. The Morgan fingerprint density at radius 3 is 2.44 bits per heavy atom. The molecule has 0 saturated carbocycles. The highest BCUT2D eigenvalue weighted by Crippen LogP contribution is 2.25. The van der Waals surface area contributed by atoms with Crippen molar-refractivity contribution in [1.29, 1.82) is 0 Å². The molecule has 2 aromatic carbocycles. The summed E-state index contributed by atoms with van der Waals surface area (Å²) in [7, 11) is 1.49. The van der Waals surface area contributed by atoms with Crippen molar-refractivity contribution in [3.8, 4) is 5.75 Å². The van der Waals surface area contributed by atoms with Crippen LogP contribution in [-0.4, -0.2) is 36.8 Å². The number of rotatable bonds is 8. The fourth-order valence-electron chi connectivity index (χ4n) is 3.96. The number of hydrogen-bond acceptors (Lipinski definition) is 5. The van der Waals surface area contributed by atoms with Crippen molar-refractivity contribution in [2.45, 2.75) is 32.3 Å². The summed E-state index contributed by atoms with van der Waals surface area (Å²) in [5.74, 6) is -0.00441. The predicted molar refractivity (Wildman–Crippen MR) is 127 cm³/mol. The van der Waals surface area contributed by atoms with Crippen LogP contribution in [0.2, 0.25) is 5.02 Å². The third-order valence-electron chi connectivity index (χ3n) is 5.60. The topological polar surface area (TPSA) is 91.3 Å². The molecule has 0 aliphatic carbocycles. The van der Waals surface area contributed by atoms with Crippen molar-refractivity contribution in [3.05, 3.63) is 91.3 Å². The molecule has 0 unspecified atom stereocenters. The molecule has 1 N–H and O–H groups in total. The van der Waals surface area contributed by atoms with Gasteiger partial charge in [-0.3, -0.25) is 13.9 Å². The van der Waals surface area contributed by atoms with Gasteiger partial charge in [0.25, 0.3) is 5.56 Å². The summed E-state index contributed by atoms with van der Waals surface area (Å²) in [5, 5.41) is 9.72. The van der Waals surface area contributed by atoms with E-state index in [1.807, 2.05) is 0 Å². The number of aliphatic hydroxyl groups excluding tert-OH is 1. The van der Waals surface area contributed by atoms with Gasteiger partial charge in [-0.2, -0.15) is 0 Å². The molecular formula is C24H22ClF3N4O4. The maximum absolute atomic E-state index is 13.4. The lowest BCUT2D eigenvalue weighted by Crippen LogP contribution is -2.40. The molecule has 36 heavy (non-hydrogen) atoms. The van der Waals surface area contributed by atoms with Crippen LogP contribution >= 0.6 is 11.6 Å². The quantitative estimate of drug-likeness (QED) is 0.383. The Bertz CT molecular complexity index is 1510. The molecular weight excluding hydrogens is 501 g/mol. The van der Waals surface area contributed by atoms with E-state index in [0.29, 0.717) is 16.4 Å². The monoisotopic (exact) mass is 522 g/mol. The largest absolute Gasteiger partial charge is 0.573 e. The molecule has 2 aromatic heterocycles. The molecule has 4 rings (SSSR count). The van der Waals surface area contributed by atoms with Gasteiger partial charge in [0, 0.05) is 38.2 Å². The summed E-state index contributed by atoms with van der Waals surface area (Å²) in [6.07, 6.45) is -4.55. The number of aryl methyl sites for hydroxylation is 1. The number of aliphatic hydroxyl groups is 1. The molecule has 0 bridgehead atoms. The molecule has 0 aliphatic heterocycles. The second-order valence-electron chi connectivity index (χ2n) is 8.16. The third-order valence-corrected chi connectivity index (χ3v) is 5.85. The minimum atomic E-state index is -4.84. The number of hydrogen-bond donors (Lipinski definition) is 1. The molecule has 0 atom stereocenters. The lowest BCUT2D eigenvalue weighted by molar-refractivity contribution is -0.274. The van der Waals surface area contributed by atoms with E-state index in [0.717, 1.165) is 10.1 Å². The van der Waals surface area contributed by atoms with Gasteiger partial charge in [-0.25, -0.2) is 9.78 Å². The third kappa shape index (κ3) is 5.47. The predicted octanol–water partition coefficient (Wildman–Crippen LogP) is 3.47. The van der Waals surface area contributed by atoms with Gasteiger partial charge in [0.1, 0.15) is 11.6 Å². The molecule has 0 aliphatic rings. The van der Waals surface area contributed by atoms with E-state index in [2.05, 4.69) is 9.72 Å². The van der Waals surface area contributed by atoms with Crippen molar-refractivity contribution in [3.63, 3.8) is 0 Å². The minimum Gasteiger partial charge on any atom is -0.406 e. The Labute approximate surface area is 207 Å². The van der Waals surface area contributed by atoms with Crippen LogP contribution in [0.15, 0.2) is 58.1 Å². The van der Waals surface area contributed by atoms with E-state index in [4.69, 9.17) is 11.6 Å². The average Bonchev–Trinajstić information content (AvgIpc) is 3.16. The van der Waals surface area contributed by atoms with Gasteiger partial charge in [0.2, 0.25) is 0 Å². The number of ether oxygens (including phenoxy) is 1. The summed E-state index contributed by atoms with van der Waals surface area (Å²) < 4.78 is 46.0. The minimum absolute atomic E-state index is 0.0240. The Kier molecular flexibility index (Phi) is 7.23. The molecule has 190 valence electrons. The fraction of sp³-hybridized carbons (Fsp3) is 0.292. The van der Waals surface area contributed by atoms with Crippen molar-refractivity contribution in [2.24, 2.45) is 7.05 Å². The van der Waals surface area contributed by atoms with Crippen molar-refractivity contribution < 1.29 is 23.0 Å². The van der Waals surface area contributed by atoms with E-state index in [1.54, 1.807) is 34.9 Å². The maximum atomic E-state index is 13.4. The average molecular weight is 523 g/mol. The molecule has 8 nitrogen and oxygen atoms in total. The van der Waals surface area contributed by atoms with Gasteiger partial charge in [-0.1, -0.05) is 35.9 Å². The molecule has 0 amide bonds. The second-order valence-corrected chi connectivity index (χ2v) is 8.60. The highest BCUT2D eigenvalue weighted by atomic mass is 35.5. The first kappa shape index (κ1) is 25.5. The van der Waals surface area contributed by atoms with E-state index in [9.17, 15) is 27.9 Å². The lowest BCUT2D eigenvalue weighted by atomic mass is 10.1. The molecule has 4 aromatic rings. The summed E-state index contributed by atoms with van der Waals surface area (Å²) in [5.41, 5.74) is 0.437. The molecule has 0 saturated heterocycles. The molecule has 0 fully saturated rings. The first-order valence-electron chi connectivity index (χ1n) is 11.0. The Morgan fingerprint density at radius 1 is 1.06 bits per heavy atom. The molecule has 0 spiro atoms. The summed E-state index contributed by atoms with van der Waals surface area (Å²) in [6, 6.07) is 12.4. The first-order valence-corrected chi connectivity index (χ1v) is 11.3. The summed E-state index contributed by atoms with van der Waals surface area (Å²) >= 11 is 6.00. The lowest BCUT2D eigenvalue weighted by Gasteiger charge is -2.12. The van der Waals surface area contributed by atoms with Gasteiger partial charge >= 0.3 is 12.1 Å². The number of alkyl halides is 3. The zero-order valence-electron chi connectivity index (χ0n) is 19.1. The van der Waals surface area contributed by atoms with Gasteiger partial charge in [-0.05, 0) is 41.8 Å². The zero-order valence-corrected chi connectivity index (χ0v) is 19.9. The standard InChI is InChI=1S/C24H22ClF3N4O4/c1-30-21-20(22(34)31(23(30)35)10-3-11-33)32(14-15-6-8-17(25)9-7-15)19(29-21)13-16-4-2-5-18(12-16)36-24(26,27)28/h2,4-9,12,33H,3,10-11,13-14H2,1H3. The SMILES string of the molecule is Cn1c(=O)n(CCCO)c(=O)c2c1nc(Cc1cccc(OC(F)(F)F)c1)n2Cc1ccc(Cl)cc1. The smallest absolute Gasteiger partial charge is 0.406 e. The summed E-state index contributed by atoms with van der Waals surface area (Å²) in [4.78, 5) is 30.8. The first-order chi connectivity index (χ1) is 17.1. The van der Waals surface area contributed by atoms with Crippen LogP contribution in [0.3, 0.4) is 0 Å². The second kappa shape index (κ2) is 10.2. The van der Waals surface area contributed by atoms with Crippen LogP contribution in [0.4, 0.5) is 13.2 Å². The number of nitrogens with zero attached hydrogens (tertiary/aromatic N) is 4. The fourth-order valence-corrected chi connectivity index (χ4v) is 4.08. The number of aromatic nitrogens is 4. The van der Waals surface area contributed by atoms with Crippen LogP contribution in [-0.2, 0) is 26.6 Å². The molecule has 0 radical (unpaired) electrons. The van der Waals surface area contributed by atoms with Crippen molar-refractivity contribution >= 4 is 22.8 Å². The van der Waals surface area contributed by atoms with Gasteiger partial charge in [0.15, 0.2) is 11.2 Å². The number of imidazole rings is 1. The van der Waals surface area contributed by atoms with Crippen molar-refractivity contribution in [1.82, 2.24) is 18.7 Å². The van der Waals surface area contributed by atoms with Gasteiger partial charge in [-0.15, -0.1) is 13.2 Å². The maximum Gasteiger partial charge on any atom is 0.573 e. The zero-order chi connectivity index (χ0) is 26.0. The number of halogens is 4. The van der Waals surface area contributed by atoms with E-state index >= 15 is 0 Å². The van der Waals surface area contributed by atoms with E-state index in [-0.39, 0.29) is 49.5 Å². The highest BCUT2D eigenvalue weighted by Gasteiger charge is 2.31. The van der Waals surface area contributed by atoms with Crippen LogP contribution in [0.25, 0.3) is 11.2 Å². The summed E-state index contributed by atoms with van der Waals surface area (Å²) in [6.45, 7) is 0.0324. The highest BCUT2D eigenvalue weighted by molar-refractivity contribution is 6.30. The van der Waals surface area contributed by atoms with Gasteiger partial charge < -0.3 is 14.4 Å². The van der Waals surface area contributed by atoms with E-state index < -0.39 is 17.6 Å².